The Balaban J connectivity index is 1.61. The Morgan fingerprint density at radius 3 is 3.00 bits per heavy atom. The number of anilines is 1. The van der Waals surface area contributed by atoms with Crippen LogP contribution in [0.15, 0.2) is 22.7 Å². The molecule has 0 saturated carbocycles. The Kier molecular flexibility index (Phi) is 2.92. The molecule has 1 aromatic carbocycles. The van der Waals surface area contributed by atoms with Crippen LogP contribution in [0.3, 0.4) is 0 Å². The summed E-state index contributed by atoms with van der Waals surface area (Å²) in [6.45, 7) is 2.59. The van der Waals surface area contributed by atoms with Crippen LogP contribution in [0, 0.1) is 0 Å². The van der Waals surface area contributed by atoms with Gasteiger partial charge in [0.25, 0.3) is 5.89 Å². The monoisotopic (exact) mass is 271 g/mol. The van der Waals surface area contributed by atoms with Crippen molar-refractivity contribution in [1.29, 1.82) is 0 Å². The first kappa shape index (κ1) is 11.9. The third kappa shape index (κ3) is 2.08. The van der Waals surface area contributed by atoms with Crippen molar-refractivity contribution in [3.63, 3.8) is 0 Å². The van der Waals surface area contributed by atoms with E-state index in [1.54, 1.807) is 0 Å². The molecule has 1 saturated heterocycles. The van der Waals surface area contributed by atoms with Gasteiger partial charge in [-0.15, -0.1) is 0 Å². The lowest BCUT2D eigenvalue weighted by atomic mass is 10.00. The standard InChI is InChI=1S/C15H17N3O2/c1-2-12(9-13-10(1)3-6-16-13)15-17-14(18-20-15)11-4-7-19-8-5-11/h1-2,9,11,16H,3-8H2. The van der Waals surface area contributed by atoms with Gasteiger partial charge >= 0.3 is 0 Å². The van der Waals surface area contributed by atoms with Gasteiger partial charge in [0.15, 0.2) is 5.82 Å². The SMILES string of the molecule is c1cc2c(cc1-c1nc(C3CCOCC3)no1)NCC2. The molecule has 1 N–H and O–H groups in total. The van der Waals surface area contributed by atoms with Crippen molar-refractivity contribution in [2.45, 2.75) is 25.2 Å². The molecule has 0 unspecified atom stereocenters. The third-order valence-electron chi connectivity index (χ3n) is 4.09. The van der Waals surface area contributed by atoms with Gasteiger partial charge in [0.05, 0.1) is 0 Å². The summed E-state index contributed by atoms with van der Waals surface area (Å²) in [5.74, 6) is 1.80. The molecule has 3 heterocycles. The van der Waals surface area contributed by atoms with Crippen LogP contribution in [-0.2, 0) is 11.2 Å². The molecule has 2 aliphatic heterocycles. The number of benzene rings is 1. The summed E-state index contributed by atoms with van der Waals surface area (Å²) in [4.78, 5) is 4.57. The third-order valence-corrected chi connectivity index (χ3v) is 4.09. The van der Waals surface area contributed by atoms with E-state index in [9.17, 15) is 0 Å². The van der Waals surface area contributed by atoms with Gasteiger partial charge in [-0.3, -0.25) is 0 Å². The highest BCUT2D eigenvalue weighted by Crippen LogP contribution is 2.30. The smallest absolute Gasteiger partial charge is 0.258 e. The van der Waals surface area contributed by atoms with Gasteiger partial charge in [-0.1, -0.05) is 11.2 Å². The van der Waals surface area contributed by atoms with Crippen molar-refractivity contribution in [2.75, 3.05) is 25.1 Å². The molecule has 2 aliphatic rings. The molecule has 2 aromatic rings. The number of fused-ring (bicyclic) bond motifs is 1. The van der Waals surface area contributed by atoms with Crippen LogP contribution < -0.4 is 5.32 Å². The zero-order valence-electron chi connectivity index (χ0n) is 11.3. The van der Waals surface area contributed by atoms with E-state index >= 15 is 0 Å². The maximum Gasteiger partial charge on any atom is 0.258 e. The number of rotatable bonds is 2. The van der Waals surface area contributed by atoms with Crippen LogP contribution in [0.4, 0.5) is 5.69 Å². The summed E-state index contributed by atoms with van der Waals surface area (Å²) in [7, 11) is 0. The Morgan fingerprint density at radius 1 is 1.20 bits per heavy atom. The van der Waals surface area contributed by atoms with Crippen LogP contribution >= 0.6 is 0 Å². The zero-order valence-corrected chi connectivity index (χ0v) is 11.3. The van der Waals surface area contributed by atoms with Crippen LogP contribution in [0.1, 0.15) is 30.1 Å². The number of hydrogen-bond donors (Lipinski definition) is 1. The van der Waals surface area contributed by atoms with Gasteiger partial charge in [0.2, 0.25) is 0 Å². The largest absolute Gasteiger partial charge is 0.384 e. The van der Waals surface area contributed by atoms with Crippen LogP contribution in [-0.4, -0.2) is 29.9 Å². The first-order chi connectivity index (χ1) is 9.90. The number of hydrogen-bond acceptors (Lipinski definition) is 5. The molecule has 5 heteroatoms. The molecular formula is C15H17N3O2. The van der Waals surface area contributed by atoms with E-state index in [2.05, 4.69) is 33.7 Å². The fourth-order valence-corrected chi connectivity index (χ4v) is 2.90. The number of aromatic nitrogens is 2. The lowest BCUT2D eigenvalue weighted by Crippen LogP contribution is -2.15. The maximum absolute atomic E-state index is 5.43. The Morgan fingerprint density at radius 2 is 2.10 bits per heavy atom. The molecule has 0 amide bonds. The van der Waals surface area contributed by atoms with Crippen molar-refractivity contribution < 1.29 is 9.26 Å². The highest BCUT2D eigenvalue weighted by Gasteiger charge is 2.22. The molecule has 5 nitrogen and oxygen atoms in total. The minimum atomic E-state index is 0.369. The normalized spacial score (nSPS) is 18.8. The van der Waals surface area contributed by atoms with E-state index in [1.165, 1.54) is 11.3 Å². The molecule has 0 atom stereocenters. The average Bonchev–Trinajstić information content (AvgIpc) is 3.16. The molecule has 4 rings (SSSR count). The Hall–Kier alpha value is -1.88. The molecule has 20 heavy (non-hydrogen) atoms. The molecule has 0 radical (unpaired) electrons. The molecule has 104 valence electrons. The highest BCUT2D eigenvalue weighted by molar-refractivity contribution is 5.66. The number of ether oxygens (including phenoxy) is 1. The van der Waals surface area contributed by atoms with E-state index in [0.29, 0.717) is 11.8 Å². The fourth-order valence-electron chi connectivity index (χ4n) is 2.90. The second-order valence-corrected chi connectivity index (χ2v) is 5.39. The van der Waals surface area contributed by atoms with Crippen molar-refractivity contribution >= 4 is 5.69 Å². The van der Waals surface area contributed by atoms with E-state index < -0.39 is 0 Å². The molecule has 0 aliphatic carbocycles. The van der Waals surface area contributed by atoms with E-state index in [0.717, 1.165) is 50.4 Å². The summed E-state index contributed by atoms with van der Waals surface area (Å²) in [5.41, 5.74) is 3.54. The summed E-state index contributed by atoms with van der Waals surface area (Å²) >= 11 is 0. The molecule has 0 spiro atoms. The maximum atomic E-state index is 5.43. The zero-order chi connectivity index (χ0) is 13.4. The second-order valence-electron chi connectivity index (χ2n) is 5.39. The number of nitrogens with zero attached hydrogens (tertiary/aromatic N) is 2. The summed E-state index contributed by atoms with van der Waals surface area (Å²) < 4.78 is 10.8. The van der Waals surface area contributed by atoms with Crippen molar-refractivity contribution in [1.82, 2.24) is 10.1 Å². The first-order valence-corrected chi connectivity index (χ1v) is 7.19. The van der Waals surface area contributed by atoms with Crippen molar-refractivity contribution in [2.24, 2.45) is 0 Å². The van der Waals surface area contributed by atoms with E-state index in [1.807, 2.05) is 0 Å². The van der Waals surface area contributed by atoms with Gasteiger partial charge in [0, 0.05) is 36.9 Å². The molecule has 0 bridgehead atoms. The lowest BCUT2D eigenvalue weighted by Gasteiger charge is -2.18. The van der Waals surface area contributed by atoms with Gasteiger partial charge in [0.1, 0.15) is 0 Å². The van der Waals surface area contributed by atoms with Crippen molar-refractivity contribution in [3.8, 4) is 11.5 Å². The highest BCUT2D eigenvalue weighted by atomic mass is 16.5. The average molecular weight is 271 g/mol. The first-order valence-electron chi connectivity index (χ1n) is 7.19. The van der Waals surface area contributed by atoms with Crippen LogP contribution in [0.5, 0.6) is 0 Å². The van der Waals surface area contributed by atoms with E-state index in [4.69, 9.17) is 9.26 Å². The lowest BCUT2D eigenvalue weighted by molar-refractivity contribution is 0.0830. The van der Waals surface area contributed by atoms with Crippen LogP contribution in [0.25, 0.3) is 11.5 Å². The minimum absolute atomic E-state index is 0.369. The van der Waals surface area contributed by atoms with Gasteiger partial charge in [-0.2, -0.15) is 4.98 Å². The van der Waals surface area contributed by atoms with E-state index in [-0.39, 0.29) is 0 Å². The number of nitrogens with one attached hydrogen (secondary N) is 1. The minimum Gasteiger partial charge on any atom is -0.384 e. The Bertz CT molecular complexity index is 617. The summed E-state index contributed by atoms with van der Waals surface area (Å²) in [6, 6.07) is 6.31. The van der Waals surface area contributed by atoms with Gasteiger partial charge < -0.3 is 14.6 Å². The van der Waals surface area contributed by atoms with Crippen LogP contribution in [0.2, 0.25) is 0 Å². The molecular weight excluding hydrogens is 254 g/mol. The quantitative estimate of drug-likeness (QED) is 0.909. The predicted octanol–water partition coefficient (Wildman–Crippen LogP) is 2.60. The molecule has 1 fully saturated rings. The predicted molar refractivity (Wildman–Crippen MR) is 74.7 cm³/mol. The topological polar surface area (TPSA) is 60.2 Å². The van der Waals surface area contributed by atoms with Gasteiger partial charge in [-0.05, 0) is 37.0 Å². The fraction of sp³-hybridized carbons (Fsp3) is 0.467. The van der Waals surface area contributed by atoms with Gasteiger partial charge in [-0.25, -0.2) is 0 Å². The molecule has 1 aromatic heterocycles. The van der Waals surface area contributed by atoms with Crippen molar-refractivity contribution in [3.05, 3.63) is 29.6 Å². The second kappa shape index (κ2) is 4.90. The summed E-state index contributed by atoms with van der Waals surface area (Å²) in [6.07, 6.45) is 3.04. The Labute approximate surface area is 117 Å². The summed E-state index contributed by atoms with van der Waals surface area (Å²) in [5, 5.41) is 7.52.